The van der Waals surface area contributed by atoms with Gasteiger partial charge in [-0.3, -0.25) is 9.78 Å². The number of carbonyl (C=O) groups is 1. The smallest absolute Gasteiger partial charge is 0.346 e. The molecular formula is C22H21F5N4O. The molecule has 3 aromatic rings. The standard InChI is InChI=1S/C22H21F5N4O/c1-30-16(11-28)9-15-8-14(10-17(19(15)30)22(25,26)27)18-3-2-13(12-29-18)20(32)31-6-4-21(23,24)5-7-31/h2-3,8-10,12H,4-7,11,28H2,1H3. The van der Waals surface area contributed by atoms with E-state index in [1.165, 1.54) is 34.8 Å². The lowest BCUT2D eigenvalue weighted by Crippen LogP contribution is -2.42. The van der Waals surface area contributed by atoms with Crippen LogP contribution in [0.1, 0.15) is 34.5 Å². The van der Waals surface area contributed by atoms with Gasteiger partial charge in [-0.25, -0.2) is 8.78 Å². The number of hydrogen-bond acceptors (Lipinski definition) is 3. The van der Waals surface area contributed by atoms with E-state index in [-0.39, 0.29) is 42.0 Å². The molecule has 0 atom stereocenters. The van der Waals surface area contributed by atoms with Crippen molar-refractivity contribution in [2.45, 2.75) is 31.5 Å². The van der Waals surface area contributed by atoms with Crippen molar-refractivity contribution < 1.29 is 26.7 Å². The van der Waals surface area contributed by atoms with E-state index in [2.05, 4.69) is 4.98 Å². The van der Waals surface area contributed by atoms with Crippen LogP contribution in [-0.2, 0) is 19.8 Å². The Morgan fingerprint density at radius 1 is 1.16 bits per heavy atom. The molecule has 1 fully saturated rings. The van der Waals surface area contributed by atoms with E-state index in [4.69, 9.17) is 5.73 Å². The highest BCUT2D eigenvalue weighted by Gasteiger charge is 2.36. The first kappa shape index (κ1) is 22.2. The van der Waals surface area contributed by atoms with E-state index in [9.17, 15) is 26.7 Å². The molecule has 4 rings (SSSR count). The second kappa shape index (κ2) is 7.84. The maximum absolute atomic E-state index is 13.8. The average molecular weight is 452 g/mol. The molecule has 10 heteroatoms. The van der Waals surface area contributed by atoms with Gasteiger partial charge in [-0.15, -0.1) is 0 Å². The van der Waals surface area contributed by atoms with Crippen molar-refractivity contribution in [2.24, 2.45) is 12.8 Å². The monoisotopic (exact) mass is 452 g/mol. The van der Waals surface area contributed by atoms with Crippen molar-refractivity contribution in [3.05, 3.63) is 53.3 Å². The lowest BCUT2D eigenvalue weighted by Gasteiger charge is -2.31. The van der Waals surface area contributed by atoms with E-state index >= 15 is 0 Å². The van der Waals surface area contributed by atoms with Crippen molar-refractivity contribution in [3.8, 4) is 11.3 Å². The summed E-state index contributed by atoms with van der Waals surface area (Å²) in [6.07, 6.45) is -4.12. The summed E-state index contributed by atoms with van der Waals surface area (Å²) in [7, 11) is 1.54. The number of nitrogens with zero attached hydrogens (tertiary/aromatic N) is 3. The highest BCUT2D eigenvalue weighted by molar-refractivity contribution is 5.94. The Hall–Kier alpha value is -3.01. The SMILES string of the molecule is Cn1c(CN)cc2cc(-c3ccc(C(=O)N4CCC(F)(F)CC4)cn3)cc(C(F)(F)F)c21. The molecule has 0 unspecified atom stereocenters. The minimum absolute atomic E-state index is 0.0374. The number of piperidine rings is 1. The van der Waals surface area contributed by atoms with E-state index in [1.807, 2.05) is 0 Å². The summed E-state index contributed by atoms with van der Waals surface area (Å²) in [6, 6.07) is 7.14. The Morgan fingerprint density at radius 2 is 1.84 bits per heavy atom. The molecule has 5 nitrogen and oxygen atoms in total. The number of fused-ring (bicyclic) bond motifs is 1. The van der Waals surface area contributed by atoms with Crippen molar-refractivity contribution in [3.63, 3.8) is 0 Å². The second-order valence-corrected chi connectivity index (χ2v) is 7.94. The number of amides is 1. The molecule has 0 aliphatic carbocycles. The Kier molecular flexibility index (Phi) is 5.44. The number of likely N-dealkylation sites (tertiary alicyclic amines) is 1. The van der Waals surface area contributed by atoms with Crippen LogP contribution in [0.4, 0.5) is 22.0 Å². The van der Waals surface area contributed by atoms with Gasteiger partial charge >= 0.3 is 6.18 Å². The largest absolute Gasteiger partial charge is 0.418 e. The zero-order valence-corrected chi connectivity index (χ0v) is 17.2. The zero-order chi connectivity index (χ0) is 23.3. The van der Waals surface area contributed by atoms with Gasteiger partial charge in [0.1, 0.15) is 0 Å². The molecule has 1 aliphatic heterocycles. The predicted molar refractivity (Wildman–Crippen MR) is 109 cm³/mol. The van der Waals surface area contributed by atoms with Gasteiger partial charge in [-0.1, -0.05) is 0 Å². The number of halogens is 5. The molecule has 0 spiro atoms. The number of nitrogens with two attached hydrogens (primary N) is 1. The number of benzene rings is 1. The summed E-state index contributed by atoms with van der Waals surface area (Å²) in [5.41, 5.74) is 6.15. The number of aromatic nitrogens is 2. The van der Waals surface area contributed by atoms with E-state index < -0.39 is 36.4 Å². The summed E-state index contributed by atoms with van der Waals surface area (Å²) in [5.74, 6) is -3.20. The number of pyridine rings is 1. The number of alkyl halides is 5. The Bertz CT molecular complexity index is 1160. The van der Waals surface area contributed by atoms with Crippen molar-refractivity contribution in [1.82, 2.24) is 14.5 Å². The first-order valence-electron chi connectivity index (χ1n) is 10.0. The third kappa shape index (κ3) is 4.06. The van der Waals surface area contributed by atoms with Gasteiger partial charge < -0.3 is 15.2 Å². The molecule has 0 radical (unpaired) electrons. The molecular weight excluding hydrogens is 431 g/mol. The van der Waals surface area contributed by atoms with Crippen LogP contribution in [0.15, 0.2) is 36.5 Å². The molecule has 0 bridgehead atoms. The normalized spacial score (nSPS) is 16.5. The van der Waals surface area contributed by atoms with Crippen LogP contribution in [0.2, 0.25) is 0 Å². The van der Waals surface area contributed by atoms with Gasteiger partial charge in [-0.2, -0.15) is 13.2 Å². The molecule has 3 heterocycles. The summed E-state index contributed by atoms with van der Waals surface area (Å²) in [5, 5.41) is 0.383. The van der Waals surface area contributed by atoms with Gasteiger partial charge in [0.15, 0.2) is 0 Å². The number of carbonyl (C=O) groups excluding carboxylic acids is 1. The van der Waals surface area contributed by atoms with Crippen LogP contribution < -0.4 is 5.73 Å². The highest BCUT2D eigenvalue weighted by Crippen LogP contribution is 2.39. The number of hydrogen-bond donors (Lipinski definition) is 1. The molecule has 1 amide bonds. The van der Waals surface area contributed by atoms with Crippen molar-refractivity contribution >= 4 is 16.8 Å². The molecule has 32 heavy (non-hydrogen) atoms. The minimum atomic E-state index is -4.58. The maximum Gasteiger partial charge on any atom is 0.418 e. The first-order chi connectivity index (χ1) is 15.0. The van der Waals surface area contributed by atoms with Gasteiger partial charge in [0.05, 0.1) is 22.3 Å². The quantitative estimate of drug-likeness (QED) is 0.592. The van der Waals surface area contributed by atoms with Crippen LogP contribution in [0.5, 0.6) is 0 Å². The van der Waals surface area contributed by atoms with Gasteiger partial charge in [0.25, 0.3) is 11.8 Å². The topological polar surface area (TPSA) is 64.2 Å². The Morgan fingerprint density at radius 3 is 2.41 bits per heavy atom. The minimum Gasteiger partial charge on any atom is -0.346 e. The van der Waals surface area contributed by atoms with E-state index in [0.29, 0.717) is 11.1 Å². The molecule has 1 aromatic carbocycles. The molecule has 2 N–H and O–H groups in total. The maximum atomic E-state index is 13.8. The first-order valence-corrected chi connectivity index (χ1v) is 10.0. The number of aryl methyl sites for hydroxylation is 1. The third-order valence-corrected chi connectivity index (χ3v) is 5.83. The van der Waals surface area contributed by atoms with Gasteiger partial charge in [0, 0.05) is 62.4 Å². The van der Waals surface area contributed by atoms with Crippen LogP contribution in [0, 0.1) is 0 Å². The summed E-state index contributed by atoms with van der Waals surface area (Å²) >= 11 is 0. The molecule has 170 valence electrons. The summed E-state index contributed by atoms with van der Waals surface area (Å²) in [6.45, 7) is -0.0251. The van der Waals surface area contributed by atoms with Crippen LogP contribution in [0.3, 0.4) is 0 Å². The number of rotatable bonds is 3. The van der Waals surface area contributed by atoms with E-state index in [1.54, 1.807) is 12.1 Å². The average Bonchev–Trinajstić information content (AvgIpc) is 3.07. The Balaban J connectivity index is 1.67. The van der Waals surface area contributed by atoms with Crippen LogP contribution >= 0.6 is 0 Å². The van der Waals surface area contributed by atoms with Crippen LogP contribution in [0.25, 0.3) is 22.2 Å². The molecule has 2 aromatic heterocycles. The fourth-order valence-electron chi connectivity index (χ4n) is 4.03. The summed E-state index contributed by atoms with van der Waals surface area (Å²) in [4.78, 5) is 18.1. The van der Waals surface area contributed by atoms with E-state index in [0.717, 1.165) is 6.07 Å². The van der Waals surface area contributed by atoms with Gasteiger partial charge in [-0.05, 0) is 30.3 Å². The van der Waals surface area contributed by atoms with Crippen molar-refractivity contribution in [2.75, 3.05) is 13.1 Å². The highest BCUT2D eigenvalue weighted by atomic mass is 19.4. The predicted octanol–water partition coefficient (Wildman–Crippen LogP) is 4.59. The lowest BCUT2D eigenvalue weighted by atomic mass is 10.0. The zero-order valence-electron chi connectivity index (χ0n) is 17.2. The molecule has 1 saturated heterocycles. The van der Waals surface area contributed by atoms with Gasteiger partial charge in [0.2, 0.25) is 0 Å². The summed E-state index contributed by atoms with van der Waals surface area (Å²) < 4.78 is 69.4. The molecule has 0 saturated carbocycles. The van der Waals surface area contributed by atoms with Crippen LogP contribution in [-0.4, -0.2) is 39.4 Å². The fraction of sp³-hybridized carbons (Fsp3) is 0.364. The Labute approximate surface area is 180 Å². The fourth-order valence-corrected chi connectivity index (χ4v) is 4.03. The lowest BCUT2D eigenvalue weighted by molar-refractivity contribution is -0.136. The van der Waals surface area contributed by atoms with Crippen molar-refractivity contribution in [1.29, 1.82) is 0 Å². The second-order valence-electron chi connectivity index (χ2n) is 7.94. The molecule has 1 aliphatic rings. The third-order valence-electron chi connectivity index (χ3n) is 5.83.